The molecule has 0 aromatic carbocycles. The van der Waals surface area contributed by atoms with E-state index in [0.29, 0.717) is 0 Å². The second kappa shape index (κ2) is 5.99. The summed E-state index contributed by atoms with van der Waals surface area (Å²) in [5, 5.41) is 3.51. The van der Waals surface area contributed by atoms with Gasteiger partial charge in [0.2, 0.25) is 0 Å². The molecule has 0 amide bonds. The van der Waals surface area contributed by atoms with Crippen LogP contribution in [0.25, 0.3) is 0 Å². The first-order valence-corrected chi connectivity index (χ1v) is 6.85. The van der Waals surface area contributed by atoms with Crippen molar-refractivity contribution >= 4 is 0 Å². The number of nitrogens with one attached hydrogen (secondary N) is 1. The van der Waals surface area contributed by atoms with Crippen molar-refractivity contribution < 1.29 is 0 Å². The van der Waals surface area contributed by atoms with Gasteiger partial charge >= 0.3 is 0 Å². The number of rotatable bonds is 3. The van der Waals surface area contributed by atoms with Gasteiger partial charge in [0.1, 0.15) is 0 Å². The first kappa shape index (κ1) is 12.3. The molecule has 0 aromatic heterocycles. The van der Waals surface area contributed by atoms with Gasteiger partial charge in [-0.1, -0.05) is 0 Å². The molecule has 94 valence electrons. The molecule has 2 rings (SSSR count). The van der Waals surface area contributed by atoms with Gasteiger partial charge in [0.25, 0.3) is 0 Å². The van der Waals surface area contributed by atoms with Gasteiger partial charge in [0, 0.05) is 19.1 Å². The second-order valence-electron chi connectivity index (χ2n) is 5.69. The molecule has 0 radical (unpaired) electrons. The maximum absolute atomic E-state index is 3.51. The predicted molar refractivity (Wildman–Crippen MR) is 68.7 cm³/mol. The van der Waals surface area contributed by atoms with E-state index in [4.69, 9.17) is 0 Å². The minimum absolute atomic E-state index is 0.786. The van der Waals surface area contributed by atoms with Crippen LogP contribution >= 0.6 is 0 Å². The summed E-state index contributed by atoms with van der Waals surface area (Å²) in [6.07, 6.45) is 5.51. The van der Waals surface area contributed by atoms with Crippen LogP contribution in [-0.4, -0.2) is 62.7 Å². The van der Waals surface area contributed by atoms with E-state index < -0.39 is 0 Å². The fraction of sp³-hybridized carbons (Fsp3) is 1.00. The molecule has 1 N–H and O–H groups in total. The van der Waals surface area contributed by atoms with Crippen molar-refractivity contribution in [3.05, 3.63) is 0 Å². The summed E-state index contributed by atoms with van der Waals surface area (Å²) in [7, 11) is 4.56. The lowest BCUT2D eigenvalue weighted by atomic mass is 9.95. The third kappa shape index (κ3) is 3.44. The number of nitrogens with zero attached hydrogens (tertiary/aromatic N) is 2. The Morgan fingerprint density at radius 1 is 1.25 bits per heavy atom. The largest absolute Gasteiger partial charge is 0.315 e. The summed E-state index contributed by atoms with van der Waals surface area (Å²) in [5.74, 6) is 0.933. The summed E-state index contributed by atoms with van der Waals surface area (Å²) in [6.45, 7) is 6.31. The van der Waals surface area contributed by atoms with Crippen LogP contribution in [0.2, 0.25) is 0 Å². The highest BCUT2D eigenvalue weighted by molar-refractivity contribution is 4.79. The molecule has 2 fully saturated rings. The Labute approximate surface area is 100 Å². The van der Waals surface area contributed by atoms with Gasteiger partial charge < -0.3 is 15.1 Å². The van der Waals surface area contributed by atoms with Crippen LogP contribution in [0.15, 0.2) is 0 Å². The summed E-state index contributed by atoms with van der Waals surface area (Å²) < 4.78 is 0. The normalized spacial score (nSPS) is 29.8. The van der Waals surface area contributed by atoms with Crippen molar-refractivity contribution in [1.29, 1.82) is 0 Å². The number of likely N-dealkylation sites (N-methyl/N-ethyl adjacent to an activating group) is 1. The van der Waals surface area contributed by atoms with E-state index in [1.54, 1.807) is 0 Å². The SMILES string of the molecule is CN1CCC(CN(C)C2CCCNC2)CC1. The van der Waals surface area contributed by atoms with E-state index in [9.17, 15) is 0 Å². The molecule has 0 aromatic rings. The van der Waals surface area contributed by atoms with Crippen LogP contribution < -0.4 is 5.32 Å². The first-order valence-electron chi connectivity index (χ1n) is 6.85. The summed E-state index contributed by atoms with van der Waals surface area (Å²) in [6, 6.07) is 0.786. The van der Waals surface area contributed by atoms with Crippen LogP contribution in [0, 0.1) is 5.92 Å². The monoisotopic (exact) mass is 225 g/mol. The molecule has 0 saturated carbocycles. The molecule has 2 heterocycles. The maximum Gasteiger partial charge on any atom is 0.0218 e. The fourth-order valence-corrected chi connectivity index (χ4v) is 3.01. The molecule has 2 aliphatic heterocycles. The molecule has 0 aliphatic carbocycles. The van der Waals surface area contributed by atoms with Gasteiger partial charge in [-0.3, -0.25) is 0 Å². The van der Waals surface area contributed by atoms with Crippen LogP contribution in [0.3, 0.4) is 0 Å². The van der Waals surface area contributed by atoms with Crippen molar-refractivity contribution in [1.82, 2.24) is 15.1 Å². The zero-order valence-corrected chi connectivity index (χ0v) is 10.9. The lowest BCUT2D eigenvalue weighted by Crippen LogP contribution is -2.46. The molecule has 0 bridgehead atoms. The van der Waals surface area contributed by atoms with Crippen molar-refractivity contribution in [3.8, 4) is 0 Å². The van der Waals surface area contributed by atoms with E-state index in [-0.39, 0.29) is 0 Å². The quantitative estimate of drug-likeness (QED) is 0.773. The molecule has 1 atom stereocenters. The lowest BCUT2D eigenvalue weighted by molar-refractivity contribution is 0.136. The average molecular weight is 225 g/mol. The molecular formula is C13H27N3. The molecule has 1 unspecified atom stereocenters. The third-order valence-electron chi connectivity index (χ3n) is 4.28. The third-order valence-corrected chi connectivity index (χ3v) is 4.28. The highest BCUT2D eigenvalue weighted by Gasteiger charge is 2.22. The predicted octanol–water partition coefficient (Wildman–Crippen LogP) is 1.01. The van der Waals surface area contributed by atoms with Crippen LogP contribution in [-0.2, 0) is 0 Å². The average Bonchev–Trinajstić information content (AvgIpc) is 2.33. The van der Waals surface area contributed by atoms with E-state index in [2.05, 4.69) is 29.2 Å². The minimum atomic E-state index is 0.786. The standard InChI is InChI=1S/C13H27N3/c1-15-8-5-12(6-9-15)11-16(2)13-4-3-7-14-10-13/h12-14H,3-11H2,1-2H3. The molecule has 2 saturated heterocycles. The number of hydrogen-bond acceptors (Lipinski definition) is 3. The van der Waals surface area contributed by atoms with E-state index in [1.165, 1.54) is 58.4 Å². The first-order chi connectivity index (χ1) is 7.75. The Morgan fingerprint density at radius 2 is 2.00 bits per heavy atom. The van der Waals surface area contributed by atoms with Gasteiger partial charge in [0.15, 0.2) is 0 Å². The van der Waals surface area contributed by atoms with Gasteiger partial charge in [-0.25, -0.2) is 0 Å². The highest BCUT2D eigenvalue weighted by Crippen LogP contribution is 2.19. The summed E-state index contributed by atoms with van der Waals surface area (Å²) in [5.41, 5.74) is 0. The van der Waals surface area contributed by atoms with Crippen LogP contribution in [0.5, 0.6) is 0 Å². The van der Waals surface area contributed by atoms with E-state index in [1.807, 2.05) is 0 Å². The number of piperidine rings is 2. The number of likely N-dealkylation sites (tertiary alicyclic amines) is 1. The molecule has 2 aliphatic rings. The Kier molecular flexibility index (Phi) is 4.62. The van der Waals surface area contributed by atoms with Crippen molar-refractivity contribution in [2.75, 3.05) is 46.8 Å². The van der Waals surface area contributed by atoms with Gasteiger partial charge in [-0.2, -0.15) is 0 Å². The fourth-order valence-electron chi connectivity index (χ4n) is 3.01. The Bertz CT molecular complexity index is 193. The zero-order valence-electron chi connectivity index (χ0n) is 10.9. The van der Waals surface area contributed by atoms with Crippen molar-refractivity contribution in [2.45, 2.75) is 31.7 Å². The van der Waals surface area contributed by atoms with Crippen molar-refractivity contribution in [2.24, 2.45) is 5.92 Å². The summed E-state index contributed by atoms with van der Waals surface area (Å²) >= 11 is 0. The minimum Gasteiger partial charge on any atom is -0.315 e. The van der Waals surface area contributed by atoms with Crippen molar-refractivity contribution in [3.63, 3.8) is 0 Å². The number of hydrogen-bond donors (Lipinski definition) is 1. The van der Waals surface area contributed by atoms with Gasteiger partial charge in [0.05, 0.1) is 0 Å². The van der Waals surface area contributed by atoms with Crippen LogP contribution in [0.4, 0.5) is 0 Å². The lowest BCUT2D eigenvalue weighted by Gasteiger charge is -2.36. The zero-order chi connectivity index (χ0) is 11.4. The molecule has 0 spiro atoms. The van der Waals surface area contributed by atoms with E-state index >= 15 is 0 Å². The highest BCUT2D eigenvalue weighted by atomic mass is 15.2. The Morgan fingerprint density at radius 3 is 2.62 bits per heavy atom. The topological polar surface area (TPSA) is 18.5 Å². The smallest absolute Gasteiger partial charge is 0.0218 e. The second-order valence-corrected chi connectivity index (χ2v) is 5.69. The molecule has 16 heavy (non-hydrogen) atoms. The maximum atomic E-state index is 3.51. The molecular weight excluding hydrogens is 198 g/mol. The molecule has 3 heteroatoms. The Balaban J connectivity index is 1.71. The van der Waals surface area contributed by atoms with Gasteiger partial charge in [-0.05, 0) is 65.3 Å². The molecule has 3 nitrogen and oxygen atoms in total. The summed E-state index contributed by atoms with van der Waals surface area (Å²) in [4.78, 5) is 5.06. The van der Waals surface area contributed by atoms with E-state index in [0.717, 1.165) is 12.0 Å². The van der Waals surface area contributed by atoms with Gasteiger partial charge in [-0.15, -0.1) is 0 Å². The van der Waals surface area contributed by atoms with Crippen LogP contribution in [0.1, 0.15) is 25.7 Å². The Hall–Kier alpha value is -0.120.